The van der Waals surface area contributed by atoms with Crippen molar-refractivity contribution in [2.45, 2.75) is 13.3 Å². The summed E-state index contributed by atoms with van der Waals surface area (Å²) in [6.07, 6.45) is 0.485. The molecular formula is C20H21FN2O6. The molecule has 0 saturated carbocycles. The number of non-ortho nitro benzene ring substituents is 1. The quantitative estimate of drug-likeness (QED) is 0.275. The Hall–Kier alpha value is -3.49. The molecule has 9 heteroatoms. The number of hydrogen-bond donors (Lipinski definition) is 0. The maximum atomic E-state index is 12.9. The molecule has 0 heterocycles. The van der Waals surface area contributed by atoms with Gasteiger partial charge in [0.25, 0.3) is 11.6 Å². The number of halogens is 1. The lowest BCUT2D eigenvalue weighted by atomic mass is 10.1. The van der Waals surface area contributed by atoms with Gasteiger partial charge in [-0.05, 0) is 43.7 Å². The average molecular weight is 404 g/mol. The van der Waals surface area contributed by atoms with Crippen LogP contribution in [-0.2, 0) is 4.74 Å². The summed E-state index contributed by atoms with van der Waals surface area (Å²) >= 11 is 0. The van der Waals surface area contributed by atoms with Crippen molar-refractivity contribution in [3.8, 4) is 5.75 Å². The van der Waals surface area contributed by atoms with E-state index in [-0.39, 0.29) is 29.2 Å². The van der Waals surface area contributed by atoms with Gasteiger partial charge in [0.15, 0.2) is 0 Å². The van der Waals surface area contributed by atoms with E-state index in [0.717, 1.165) is 12.1 Å². The van der Waals surface area contributed by atoms with Gasteiger partial charge in [-0.2, -0.15) is 0 Å². The predicted octanol–water partition coefficient (Wildman–Crippen LogP) is 3.45. The largest absolute Gasteiger partial charge is 0.494 e. The van der Waals surface area contributed by atoms with Crippen LogP contribution in [0, 0.1) is 15.9 Å². The fraction of sp³-hybridized carbons (Fsp3) is 0.300. The molecule has 0 aliphatic carbocycles. The molecule has 2 aromatic rings. The van der Waals surface area contributed by atoms with Crippen LogP contribution in [0.2, 0.25) is 0 Å². The molecule has 0 aliphatic heterocycles. The zero-order valence-corrected chi connectivity index (χ0v) is 16.1. The van der Waals surface area contributed by atoms with Crippen LogP contribution in [-0.4, -0.2) is 48.5 Å². The van der Waals surface area contributed by atoms with Crippen molar-refractivity contribution >= 4 is 17.6 Å². The lowest BCUT2D eigenvalue weighted by molar-refractivity contribution is -0.384. The van der Waals surface area contributed by atoms with E-state index in [2.05, 4.69) is 0 Å². The Bertz CT molecular complexity index is 885. The molecule has 8 nitrogen and oxygen atoms in total. The smallest absolute Gasteiger partial charge is 0.338 e. The number of nitro benzene ring substituents is 1. The molecule has 0 radical (unpaired) electrons. The second kappa shape index (κ2) is 10.2. The van der Waals surface area contributed by atoms with Gasteiger partial charge in [-0.1, -0.05) is 0 Å². The van der Waals surface area contributed by atoms with Crippen molar-refractivity contribution in [2.24, 2.45) is 0 Å². The van der Waals surface area contributed by atoms with E-state index < -0.39 is 16.8 Å². The summed E-state index contributed by atoms with van der Waals surface area (Å²) in [5.74, 6) is -1.05. The van der Waals surface area contributed by atoms with Gasteiger partial charge >= 0.3 is 5.97 Å². The number of hydrogen-bond acceptors (Lipinski definition) is 6. The molecule has 0 aromatic heterocycles. The van der Waals surface area contributed by atoms with Crippen LogP contribution in [0.1, 0.15) is 34.1 Å². The van der Waals surface area contributed by atoms with Crippen LogP contribution in [0.4, 0.5) is 10.1 Å². The number of carbonyl (C=O) groups excluding carboxylic acids is 2. The molecule has 0 atom stereocenters. The van der Waals surface area contributed by atoms with Crippen molar-refractivity contribution in [3.63, 3.8) is 0 Å². The van der Waals surface area contributed by atoms with Gasteiger partial charge in [0.1, 0.15) is 11.6 Å². The van der Waals surface area contributed by atoms with E-state index in [0.29, 0.717) is 25.3 Å². The van der Waals surface area contributed by atoms with E-state index in [4.69, 9.17) is 9.47 Å². The van der Waals surface area contributed by atoms with Crippen molar-refractivity contribution in [2.75, 3.05) is 26.8 Å². The highest BCUT2D eigenvalue weighted by Crippen LogP contribution is 2.19. The van der Waals surface area contributed by atoms with Crippen LogP contribution in [0.25, 0.3) is 0 Å². The van der Waals surface area contributed by atoms with E-state index in [1.807, 2.05) is 0 Å². The van der Waals surface area contributed by atoms with Gasteiger partial charge in [0, 0.05) is 31.3 Å². The number of amides is 1. The SMILES string of the molecule is CCOC(=O)c1cc(C(=O)N(C)CCCOc2ccc(F)cc2)cc([N+](=O)[O-])c1. The third-order valence-electron chi connectivity index (χ3n) is 3.95. The lowest BCUT2D eigenvalue weighted by Gasteiger charge is -2.17. The molecule has 0 saturated heterocycles. The highest BCUT2D eigenvalue weighted by Gasteiger charge is 2.20. The van der Waals surface area contributed by atoms with Crippen LogP contribution in [0.3, 0.4) is 0 Å². The molecule has 0 bridgehead atoms. The Kier molecular flexibility index (Phi) is 7.64. The average Bonchev–Trinajstić information content (AvgIpc) is 2.71. The first-order chi connectivity index (χ1) is 13.8. The number of esters is 1. The molecule has 1 amide bonds. The van der Waals surface area contributed by atoms with Crippen molar-refractivity contribution in [1.82, 2.24) is 4.90 Å². The number of rotatable bonds is 9. The minimum absolute atomic E-state index is 0.0178. The summed E-state index contributed by atoms with van der Waals surface area (Å²) in [7, 11) is 1.54. The number of nitro groups is 1. The Balaban J connectivity index is 2.00. The van der Waals surface area contributed by atoms with Gasteiger partial charge in [-0.15, -0.1) is 0 Å². The molecule has 0 N–H and O–H groups in total. The van der Waals surface area contributed by atoms with Crippen LogP contribution < -0.4 is 4.74 Å². The van der Waals surface area contributed by atoms with Gasteiger partial charge in [0.05, 0.1) is 23.7 Å². The summed E-state index contributed by atoms with van der Waals surface area (Å²) in [4.78, 5) is 36.4. The second-order valence-corrected chi connectivity index (χ2v) is 6.13. The molecule has 0 aliphatic rings. The Morgan fingerprint density at radius 1 is 1.14 bits per heavy atom. The molecule has 0 spiro atoms. The molecule has 154 valence electrons. The van der Waals surface area contributed by atoms with E-state index in [1.54, 1.807) is 14.0 Å². The topological polar surface area (TPSA) is 99.0 Å². The summed E-state index contributed by atoms with van der Waals surface area (Å²) in [6.45, 7) is 2.34. The summed E-state index contributed by atoms with van der Waals surface area (Å²) in [5, 5.41) is 11.1. The lowest BCUT2D eigenvalue weighted by Crippen LogP contribution is -2.29. The van der Waals surface area contributed by atoms with Crippen molar-refractivity contribution < 1.29 is 28.4 Å². The summed E-state index contributed by atoms with van der Waals surface area (Å²) in [5.41, 5.74) is -0.409. The van der Waals surface area contributed by atoms with Gasteiger partial charge < -0.3 is 14.4 Å². The monoisotopic (exact) mass is 404 g/mol. The van der Waals surface area contributed by atoms with E-state index in [1.165, 1.54) is 35.2 Å². The highest BCUT2D eigenvalue weighted by atomic mass is 19.1. The van der Waals surface area contributed by atoms with Gasteiger partial charge in [0.2, 0.25) is 0 Å². The first-order valence-electron chi connectivity index (χ1n) is 8.92. The standard InChI is InChI=1S/C20H21FN2O6/c1-3-28-20(25)15-11-14(12-17(13-15)23(26)27)19(24)22(2)9-4-10-29-18-7-5-16(21)6-8-18/h5-8,11-13H,3-4,9-10H2,1-2H3. The number of ether oxygens (including phenoxy) is 2. The fourth-order valence-electron chi connectivity index (χ4n) is 2.52. The van der Waals surface area contributed by atoms with E-state index >= 15 is 0 Å². The maximum Gasteiger partial charge on any atom is 0.338 e. The normalized spacial score (nSPS) is 10.3. The highest BCUT2D eigenvalue weighted by molar-refractivity contribution is 5.98. The second-order valence-electron chi connectivity index (χ2n) is 6.13. The van der Waals surface area contributed by atoms with Crippen LogP contribution in [0.15, 0.2) is 42.5 Å². The Morgan fingerprint density at radius 3 is 2.41 bits per heavy atom. The predicted molar refractivity (Wildman–Crippen MR) is 103 cm³/mol. The number of benzene rings is 2. The molecule has 2 rings (SSSR count). The Labute approximate surface area is 167 Å². The van der Waals surface area contributed by atoms with E-state index in [9.17, 15) is 24.1 Å². The summed E-state index contributed by atoms with van der Waals surface area (Å²) in [6, 6.07) is 9.05. The molecule has 0 unspecified atom stereocenters. The number of carbonyl (C=O) groups is 2. The first kappa shape index (κ1) is 21.8. The number of nitrogens with zero attached hydrogens (tertiary/aromatic N) is 2. The van der Waals surface area contributed by atoms with Crippen molar-refractivity contribution in [1.29, 1.82) is 0 Å². The molecular weight excluding hydrogens is 383 g/mol. The summed E-state index contributed by atoms with van der Waals surface area (Å²) < 4.78 is 23.2. The fourth-order valence-corrected chi connectivity index (χ4v) is 2.52. The van der Waals surface area contributed by atoms with Gasteiger partial charge in [-0.3, -0.25) is 14.9 Å². The maximum absolute atomic E-state index is 12.9. The van der Waals surface area contributed by atoms with Crippen LogP contribution in [0.5, 0.6) is 5.75 Å². The van der Waals surface area contributed by atoms with Crippen LogP contribution >= 0.6 is 0 Å². The molecule has 2 aromatic carbocycles. The third kappa shape index (κ3) is 6.27. The molecule has 0 fully saturated rings. The van der Waals surface area contributed by atoms with Gasteiger partial charge in [-0.25, -0.2) is 9.18 Å². The first-order valence-corrected chi connectivity index (χ1v) is 8.92. The zero-order valence-electron chi connectivity index (χ0n) is 16.1. The van der Waals surface area contributed by atoms with Crippen molar-refractivity contribution in [3.05, 3.63) is 69.5 Å². The Morgan fingerprint density at radius 2 is 1.79 bits per heavy atom. The minimum atomic E-state index is -0.736. The molecule has 29 heavy (non-hydrogen) atoms. The minimum Gasteiger partial charge on any atom is -0.494 e. The third-order valence-corrected chi connectivity index (χ3v) is 3.95. The zero-order chi connectivity index (χ0) is 21.4.